The number of unbranched alkanes of at least 4 members (excludes halogenated alkanes) is 8. The average molecular weight is 308 g/mol. The topological polar surface area (TPSA) is 26.0 Å². The number of nitrogens with two attached hydrogens (primary N) is 1. The quantitative estimate of drug-likeness (QED) is 0.257. The van der Waals surface area contributed by atoms with E-state index in [0.29, 0.717) is 0 Å². The van der Waals surface area contributed by atoms with E-state index in [2.05, 4.69) is 32.9 Å². The lowest BCUT2D eigenvalue weighted by Gasteiger charge is -2.03. The van der Waals surface area contributed by atoms with E-state index in [1.54, 1.807) is 11.1 Å². The molecule has 0 aromatic carbocycles. The highest BCUT2D eigenvalue weighted by molar-refractivity contribution is 5.02. The van der Waals surface area contributed by atoms with Crippen molar-refractivity contribution in [2.75, 3.05) is 6.54 Å². The number of hydrogen-bond donors (Lipinski definition) is 1. The lowest BCUT2D eigenvalue weighted by molar-refractivity contribution is 0.630. The fourth-order valence-corrected chi connectivity index (χ4v) is 2.77. The standard InChI is InChI=1S/C21H41N/c1-4-5-6-7-10-15-20(2)17-12-13-18-21(3)16-11-8-9-14-19-22/h17-18H,4-16,19,22H2,1-3H3/b20-17+,21-18+. The lowest BCUT2D eigenvalue weighted by Crippen LogP contribution is -1.97. The molecule has 0 spiro atoms. The van der Waals surface area contributed by atoms with Crippen LogP contribution >= 0.6 is 0 Å². The molecule has 0 radical (unpaired) electrons. The first-order valence-corrected chi connectivity index (χ1v) is 9.72. The number of rotatable bonds is 15. The highest BCUT2D eigenvalue weighted by atomic mass is 14.5. The van der Waals surface area contributed by atoms with Crippen molar-refractivity contribution in [3.63, 3.8) is 0 Å². The predicted octanol–water partition coefficient (Wildman–Crippen LogP) is 6.93. The second kappa shape index (κ2) is 16.8. The van der Waals surface area contributed by atoms with Gasteiger partial charge >= 0.3 is 0 Å². The second-order valence-electron chi connectivity index (χ2n) is 6.80. The van der Waals surface area contributed by atoms with E-state index >= 15 is 0 Å². The van der Waals surface area contributed by atoms with E-state index < -0.39 is 0 Å². The van der Waals surface area contributed by atoms with Crippen molar-refractivity contribution >= 4 is 0 Å². The van der Waals surface area contributed by atoms with Crippen molar-refractivity contribution in [2.45, 2.75) is 104 Å². The molecule has 1 heteroatoms. The molecule has 0 atom stereocenters. The Morgan fingerprint density at radius 3 is 1.59 bits per heavy atom. The Bertz CT molecular complexity index is 258. The van der Waals surface area contributed by atoms with Crippen LogP contribution in [0.4, 0.5) is 0 Å². The van der Waals surface area contributed by atoms with Crippen LogP contribution < -0.4 is 5.73 Å². The summed E-state index contributed by atoms with van der Waals surface area (Å²) < 4.78 is 0. The zero-order valence-electron chi connectivity index (χ0n) is 15.6. The van der Waals surface area contributed by atoms with Gasteiger partial charge in [0.1, 0.15) is 0 Å². The third-order valence-corrected chi connectivity index (χ3v) is 4.35. The smallest absolute Gasteiger partial charge is 0.00773 e. The van der Waals surface area contributed by atoms with Gasteiger partial charge in [-0.05, 0) is 65.3 Å². The third-order valence-electron chi connectivity index (χ3n) is 4.35. The first kappa shape index (κ1) is 21.4. The molecule has 0 aliphatic carbocycles. The van der Waals surface area contributed by atoms with Gasteiger partial charge in [0, 0.05) is 0 Å². The molecule has 0 aliphatic heterocycles. The molecule has 0 amide bonds. The minimum absolute atomic E-state index is 0.846. The van der Waals surface area contributed by atoms with Crippen LogP contribution in [0, 0.1) is 0 Å². The van der Waals surface area contributed by atoms with Crippen LogP contribution in [0.2, 0.25) is 0 Å². The van der Waals surface area contributed by atoms with Gasteiger partial charge in [0.15, 0.2) is 0 Å². The SMILES string of the molecule is CCCCCCC/C(C)=C/CC/C=C(\C)CCCCCCN. The molecular weight excluding hydrogens is 266 g/mol. The van der Waals surface area contributed by atoms with Gasteiger partial charge in [-0.1, -0.05) is 68.7 Å². The van der Waals surface area contributed by atoms with Crippen LogP contribution in [-0.2, 0) is 0 Å². The lowest BCUT2D eigenvalue weighted by atomic mass is 10.0. The van der Waals surface area contributed by atoms with Gasteiger partial charge in [-0.25, -0.2) is 0 Å². The highest BCUT2D eigenvalue weighted by Gasteiger charge is 1.94. The summed E-state index contributed by atoms with van der Waals surface area (Å²) in [6.07, 6.45) is 22.0. The Kier molecular flexibility index (Phi) is 16.4. The van der Waals surface area contributed by atoms with Gasteiger partial charge in [-0.3, -0.25) is 0 Å². The van der Waals surface area contributed by atoms with Gasteiger partial charge < -0.3 is 5.73 Å². The first-order valence-electron chi connectivity index (χ1n) is 9.72. The summed E-state index contributed by atoms with van der Waals surface area (Å²) in [5.74, 6) is 0. The van der Waals surface area contributed by atoms with Crippen LogP contribution in [0.3, 0.4) is 0 Å². The van der Waals surface area contributed by atoms with Crippen LogP contribution in [-0.4, -0.2) is 6.54 Å². The van der Waals surface area contributed by atoms with Crippen LogP contribution in [0.5, 0.6) is 0 Å². The molecule has 0 aliphatic rings. The van der Waals surface area contributed by atoms with Gasteiger partial charge in [0.05, 0.1) is 0 Å². The summed E-state index contributed by atoms with van der Waals surface area (Å²) in [5.41, 5.74) is 8.67. The summed E-state index contributed by atoms with van der Waals surface area (Å²) in [6.45, 7) is 7.71. The van der Waals surface area contributed by atoms with E-state index in [0.717, 1.165) is 6.54 Å². The van der Waals surface area contributed by atoms with Crippen molar-refractivity contribution in [1.82, 2.24) is 0 Å². The maximum absolute atomic E-state index is 5.51. The van der Waals surface area contributed by atoms with Crippen LogP contribution in [0.15, 0.2) is 23.3 Å². The second-order valence-corrected chi connectivity index (χ2v) is 6.80. The minimum atomic E-state index is 0.846. The molecule has 0 heterocycles. The zero-order valence-corrected chi connectivity index (χ0v) is 15.6. The summed E-state index contributed by atoms with van der Waals surface area (Å²) in [5, 5.41) is 0. The Labute approximate surface area is 140 Å². The largest absolute Gasteiger partial charge is 0.330 e. The van der Waals surface area contributed by atoms with E-state index in [-0.39, 0.29) is 0 Å². The highest BCUT2D eigenvalue weighted by Crippen LogP contribution is 2.13. The molecule has 22 heavy (non-hydrogen) atoms. The molecule has 1 nitrogen and oxygen atoms in total. The molecule has 0 aromatic rings. The van der Waals surface area contributed by atoms with Crippen molar-refractivity contribution in [3.8, 4) is 0 Å². The molecular formula is C21H41N. The minimum Gasteiger partial charge on any atom is -0.330 e. The van der Waals surface area contributed by atoms with Crippen molar-refractivity contribution in [3.05, 3.63) is 23.3 Å². The van der Waals surface area contributed by atoms with Gasteiger partial charge in [0.2, 0.25) is 0 Å². The maximum atomic E-state index is 5.51. The van der Waals surface area contributed by atoms with Gasteiger partial charge in [-0.15, -0.1) is 0 Å². The van der Waals surface area contributed by atoms with Crippen molar-refractivity contribution in [2.24, 2.45) is 5.73 Å². The number of allylic oxidation sites excluding steroid dienone is 4. The Morgan fingerprint density at radius 2 is 1.14 bits per heavy atom. The Morgan fingerprint density at radius 1 is 0.682 bits per heavy atom. The zero-order chi connectivity index (χ0) is 16.5. The molecule has 130 valence electrons. The molecule has 0 bridgehead atoms. The van der Waals surface area contributed by atoms with E-state index in [1.165, 1.54) is 83.5 Å². The molecule has 0 saturated heterocycles. The monoisotopic (exact) mass is 307 g/mol. The summed E-state index contributed by atoms with van der Waals surface area (Å²) >= 11 is 0. The molecule has 0 fully saturated rings. The van der Waals surface area contributed by atoms with Gasteiger partial charge in [0.25, 0.3) is 0 Å². The summed E-state index contributed by atoms with van der Waals surface area (Å²) in [7, 11) is 0. The Balaban J connectivity index is 3.57. The Hall–Kier alpha value is -0.560. The molecule has 2 N–H and O–H groups in total. The molecule has 0 rings (SSSR count). The van der Waals surface area contributed by atoms with E-state index in [4.69, 9.17) is 5.73 Å². The fraction of sp³-hybridized carbons (Fsp3) is 0.810. The summed E-state index contributed by atoms with van der Waals surface area (Å²) in [6, 6.07) is 0. The molecule has 0 aromatic heterocycles. The van der Waals surface area contributed by atoms with Crippen molar-refractivity contribution < 1.29 is 0 Å². The van der Waals surface area contributed by atoms with E-state index in [1.807, 2.05) is 0 Å². The average Bonchev–Trinajstić information content (AvgIpc) is 2.51. The van der Waals surface area contributed by atoms with Crippen LogP contribution in [0.1, 0.15) is 104 Å². The van der Waals surface area contributed by atoms with E-state index in [9.17, 15) is 0 Å². The predicted molar refractivity (Wildman–Crippen MR) is 102 cm³/mol. The third kappa shape index (κ3) is 15.8. The normalized spacial score (nSPS) is 12.9. The maximum Gasteiger partial charge on any atom is -0.00773 e. The number of hydrogen-bond acceptors (Lipinski definition) is 1. The van der Waals surface area contributed by atoms with Crippen LogP contribution in [0.25, 0.3) is 0 Å². The first-order chi connectivity index (χ1) is 10.7. The molecule has 0 saturated carbocycles. The fourth-order valence-electron chi connectivity index (χ4n) is 2.77. The van der Waals surface area contributed by atoms with Crippen molar-refractivity contribution in [1.29, 1.82) is 0 Å². The van der Waals surface area contributed by atoms with Gasteiger partial charge in [-0.2, -0.15) is 0 Å². The summed E-state index contributed by atoms with van der Waals surface area (Å²) in [4.78, 5) is 0. The molecule has 0 unspecified atom stereocenters.